The summed E-state index contributed by atoms with van der Waals surface area (Å²) in [5.41, 5.74) is 8.20. The maximum atomic E-state index is 12.4. The maximum absolute atomic E-state index is 12.4. The summed E-state index contributed by atoms with van der Waals surface area (Å²) in [6, 6.07) is 21.2. The topological polar surface area (TPSA) is 96.5 Å². The fourth-order valence-electron chi connectivity index (χ4n) is 3.31. The van der Waals surface area contributed by atoms with Gasteiger partial charge < -0.3 is 10.1 Å². The third-order valence-electron chi connectivity index (χ3n) is 5.42. The molecule has 0 aliphatic carbocycles. The smallest absolute Gasteiger partial charge is 0.276 e. The van der Waals surface area contributed by atoms with E-state index in [0.717, 1.165) is 17.5 Å². The van der Waals surface area contributed by atoms with E-state index in [1.807, 2.05) is 43.3 Å². The molecule has 1 unspecified atom stereocenters. The van der Waals surface area contributed by atoms with Crippen LogP contribution in [0.3, 0.4) is 0 Å². The van der Waals surface area contributed by atoms with Crippen molar-refractivity contribution in [2.45, 2.75) is 33.1 Å². The molecule has 3 N–H and O–H groups in total. The number of carbonyl (C=O) groups is 3. The van der Waals surface area contributed by atoms with Crippen LogP contribution in [0.5, 0.6) is 5.75 Å². The molecule has 0 saturated carbocycles. The average molecular weight is 460 g/mol. The molecular weight excluding hydrogens is 430 g/mol. The molecule has 34 heavy (non-hydrogen) atoms. The first kappa shape index (κ1) is 24.5. The number of aryl methyl sites for hydroxylation is 1. The van der Waals surface area contributed by atoms with Crippen LogP contribution in [-0.4, -0.2) is 24.3 Å². The largest absolute Gasteiger partial charge is 0.483 e. The van der Waals surface area contributed by atoms with E-state index >= 15 is 0 Å². The van der Waals surface area contributed by atoms with Crippen molar-refractivity contribution in [1.29, 1.82) is 0 Å². The SMILES string of the molecule is CCC(C)c1ccccc1OCC(=O)NNC(=O)c1ccc(NC(=O)c2cccc(C)c2)cc1. The molecule has 176 valence electrons. The molecule has 0 heterocycles. The molecule has 0 aromatic heterocycles. The fourth-order valence-corrected chi connectivity index (χ4v) is 3.31. The van der Waals surface area contributed by atoms with E-state index in [1.54, 1.807) is 36.4 Å². The van der Waals surface area contributed by atoms with Crippen LogP contribution in [0.25, 0.3) is 0 Å². The van der Waals surface area contributed by atoms with Gasteiger partial charge >= 0.3 is 0 Å². The van der Waals surface area contributed by atoms with Crippen molar-refractivity contribution < 1.29 is 19.1 Å². The predicted octanol–water partition coefficient (Wildman–Crippen LogP) is 4.60. The summed E-state index contributed by atoms with van der Waals surface area (Å²) < 4.78 is 5.65. The van der Waals surface area contributed by atoms with Gasteiger partial charge in [0.25, 0.3) is 17.7 Å². The van der Waals surface area contributed by atoms with Gasteiger partial charge in [-0.25, -0.2) is 0 Å². The van der Waals surface area contributed by atoms with Gasteiger partial charge in [-0.3, -0.25) is 25.2 Å². The Hall–Kier alpha value is -4.13. The van der Waals surface area contributed by atoms with Gasteiger partial charge in [0, 0.05) is 16.8 Å². The zero-order chi connectivity index (χ0) is 24.5. The molecule has 0 spiro atoms. The van der Waals surface area contributed by atoms with E-state index in [9.17, 15) is 14.4 Å². The van der Waals surface area contributed by atoms with E-state index < -0.39 is 11.8 Å². The minimum Gasteiger partial charge on any atom is -0.483 e. The fraction of sp³-hybridized carbons (Fsp3) is 0.222. The van der Waals surface area contributed by atoms with E-state index in [0.29, 0.717) is 28.5 Å². The lowest BCUT2D eigenvalue weighted by Gasteiger charge is -2.15. The Bertz CT molecular complexity index is 1160. The number of anilines is 1. The minimum atomic E-state index is -0.482. The Morgan fingerprint density at radius 1 is 0.853 bits per heavy atom. The molecule has 0 bridgehead atoms. The number of carbonyl (C=O) groups excluding carboxylic acids is 3. The molecular formula is C27H29N3O4. The second-order valence-corrected chi connectivity index (χ2v) is 8.04. The third-order valence-corrected chi connectivity index (χ3v) is 5.42. The normalized spacial score (nSPS) is 11.3. The molecule has 3 aromatic rings. The van der Waals surface area contributed by atoms with Gasteiger partial charge in [0.15, 0.2) is 6.61 Å². The number of rotatable bonds is 8. The van der Waals surface area contributed by atoms with Crippen molar-refractivity contribution in [2.24, 2.45) is 0 Å². The summed E-state index contributed by atoms with van der Waals surface area (Å²) in [5.74, 6) is -0.229. The number of para-hydroxylation sites is 1. The minimum absolute atomic E-state index is 0.225. The number of benzene rings is 3. The molecule has 3 amide bonds. The van der Waals surface area contributed by atoms with E-state index in [-0.39, 0.29) is 12.5 Å². The summed E-state index contributed by atoms with van der Waals surface area (Å²) in [6.45, 7) is 5.88. The highest BCUT2D eigenvalue weighted by Gasteiger charge is 2.13. The molecule has 1 atom stereocenters. The molecule has 0 fully saturated rings. The Morgan fingerprint density at radius 3 is 2.29 bits per heavy atom. The zero-order valence-corrected chi connectivity index (χ0v) is 19.6. The molecule has 7 nitrogen and oxygen atoms in total. The number of ether oxygens (including phenoxy) is 1. The van der Waals surface area contributed by atoms with Crippen molar-refractivity contribution in [3.63, 3.8) is 0 Å². The van der Waals surface area contributed by atoms with Crippen LogP contribution in [0.1, 0.15) is 58.0 Å². The lowest BCUT2D eigenvalue weighted by Crippen LogP contribution is -2.43. The lowest BCUT2D eigenvalue weighted by atomic mass is 9.98. The first-order chi connectivity index (χ1) is 16.4. The molecule has 7 heteroatoms. The summed E-state index contributed by atoms with van der Waals surface area (Å²) in [5, 5.41) is 2.79. The molecule has 0 aliphatic heterocycles. The van der Waals surface area contributed by atoms with Crippen molar-refractivity contribution >= 4 is 23.4 Å². The van der Waals surface area contributed by atoms with Crippen LogP contribution in [0, 0.1) is 6.92 Å². The van der Waals surface area contributed by atoms with Gasteiger partial charge in [-0.15, -0.1) is 0 Å². The molecule has 3 rings (SSSR count). The second kappa shape index (κ2) is 11.7. The van der Waals surface area contributed by atoms with Crippen LogP contribution < -0.4 is 20.9 Å². The predicted molar refractivity (Wildman–Crippen MR) is 132 cm³/mol. The number of hydrogen-bond donors (Lipinski definition) is 3. The van der Waals surface area contributed by atoms with Gasteiger partial charge in [0.05, 0.1) is 0 Å². The Morgan fingerprint density at radius 2 is 1.59 bits per heavy atom. The first-order valence-corrected chi connectivity index (χ1v) is 11.2. The Balaban J connectivity index is 1.48. The van der Waals surface area contributed by atoms with Gasteiger partial charge in [0.1, 0.15) is 5.75 Å². The number of hydrogen-bond acceptors (Lipinski definition) is 4. The highest BCUT2D eigenvalue weighted by molar-refractivity contribution is 6.04. The first-order valence-electron chi connectivity index (χ1n) is 11.2. The number of hydrazine groups is 1. The summed E-state index contributed by atoms with van der Waals surface area (Å²) in [4.78, 5) is 36.8. The van der Waals surface area contributed by atoms with Gasteiger partial charge in [-0.1, -0.05) is 49.7 Å². The molecule has 0 aliphatic rings. The van der Waals surface area contributed by atoms with Crippen molar-refractivity contribution in [3.8, 4) is 5.75 Å². The van der Waals surface area contributed by atoms with Crippen molar-refractivity contribution in [3.05, 3.63) is 95.1 Å². The van der Waals surface area contributed by atoms with Crippen LogP contribution in [0.15, 0.2) is 72.8 Å². The molecule has 0 saturated heterocycles. The highest BCUT2D eigenvalue weighted by Crippen LogP contribution is 2.28. The average Bonchev–Trinajstić information content (AvgIpc) is 2.86. The van der Waals surface area contributed by atoms with Crippen LogP contribution in [0.2, 0.25) is 0 Å². The van der Waals surface area contributed by atoms with Gasteiger partial charge in [0.2, 0.25) is 0 Å². The van der Waals surface area contributed by atoms with E-state index in [4.69, 9.17) is 4.74 Å². The van der Waals surface area contributed by atoms with Crippen molar-refractivity contribution in [2.75, 3.05) is 11.9 Å². The lowest BCUT2D eigenvalue weighted by molar-refractivity contribution is -0.123. The van der Waals surface area contributed by atoms with Gasteiger partial charge in [-0.2, -0.15) is 0 Å². The highest BCUT2D eigenvalue weighted by atomic mass is 16.5. The van der Waals surface area contributed by atoms with E-state index in [2.05, 4.69) is 30.0 Å². The van der Waals surface area contributed by atoms with Crippen molar-refractivity contribution in [1.82, 2.24) is 10.9 Å². The maximum Gasteiger partial charge on any atom is 0.276 e. The van der Waals surface area contributed by atoms with Gasteiger partial charge in [-0.05, 0) is 67.3 Å². The van der Waals surface area contributed by atoms with E-state index in [1.165, 1.54) is 0 Å². The van der Waals surface area contributed by atoms with Crippen LogP contribution >= 0.6 is 0 Å². The third kappa shape index (κ3) is 6.68. The summed E-state index contributed by atoms with van der Waals surface area (Å²) >= 11 is 0. The monoisotopic (exact) mass is 459 g/mol. The summed E-state index contributed by atoms with van der Waals surface area (Å²) in [6.07, 6.45) is 0.955. The van der Waals surface area contributed by atoms with Crippen LogP contribution in [-0.2, 0) is 4.79 Å². The summed E-state index contributed by atoms with van der Waals surface area (Å²) in [7, 11) is 0. The quantitative estimate of drug-likeness (QED) is 0.429. The second-order valence-electron chi connectivity index (χ2n) is 8.04. The molecule has 3 aromatic carbocycles. The standard InChI is InChI=1S/C27H29N3O4/c1-4-19(3)23-10-5-6-11-24(23)34-17-25(31)29-30-27(33)20-12-14-22(15-13-20)28-26(32)21-9-7-8-18(2)16-21/h5-16,19H,4,17H2,1-3H3,(H,28,32)(H,29,31)(H,30,33). The number of nitrogens with one attached hydrogen (secondary N) is 3. The van der Waals surface area contributed by atoms with Crippen LogP contribution in [0.4, 0.5) is 5.69 Å². The Labute approximate surface area is 199 Å². The zero-order valence-electron chi connectivity index (χ0n) is 19.6. The molecule has 0 radical (unpaired) electrons. The Kier molecular flexibility index (Phi) is 8.40. The number of amides is 3.